The molecule has 0 bridgehead atoms. The average molecular weight is 383 g/mol. The molecule has 0 fully saturated rings. The van der Waals surface area contributed by atoms with E-state index in [1.54, 1.807) is 19.4 Å². The van der Waals surface area contributed by atoms with Crippen LogP contribution in [0.4, 0.5) is 0 Å². The van der Waals surface area contributed by atoms with E-state index in [1.165, 1.54) is 0 Å². The van der Waals surface area contributed by atoms with Crippen LogP contribution in [0.1, 0.15) is 21.5 Å². The Labute approximate surface area is 169 Å². The first-order chi connectivity index (χ1) is 14.1. The molecule has 0 aliphatic rings. The van der Waals surface area contributed by atoms with E-state index in [0.717, 1.165) is 33.3 Å². The number of fused-ring (bicyclic) bond motifs is 1. The fraction of sp³-hybridized carbons (Fsp3) is 0.125. The maximum absolute atomic E-state index is 13.1. The highest BCUT2D eigenvalue weighted by molar-refractivity contribution is 6.07. The highest BCUT2D eigenvalue weighted by atomic mass is 16.5. The van der Waals surface area contributed by atoms with Crippen molar-refractivity contribution in [3.8, 4) is 17.1 Å². The van der Waals surface area contributed by atoms with Crippen molar-refractivity contribution in [1.29, 1.82) is 0 Å². The van der Waals surface area contributed by atoms with E-state index in [9.17, 15) is 4.79 Å². The van der Waals surface area contributed by atoms with E-state index >= 15 is 0 Å². The minimum Gasteiger partial charge on any atom is -0.481 e. The van der Waals surface area contributed by atoms with Gasteiger partial charge in [0.1, 0.15) is 0 Å². The third kappa shape index (κ3) is 4.09. The number of aromatic nitrogens is 2. The minimum atomic E-state index is -0.143. The van der Waals surface area contributed by atoms with Crippen LogP contribution in [-0.4, -0.2) is 23.0 Å². The largest absolute Gasteiger partial charge is 0.481 e. The van der Waals surface area contributed by atoms with Gasteiger partial charge in [-0.25, -0.2) is 9.97 Å². The summed E-state index contributed by atoms with van der Waals surface area (Å²) in [5, 5.41) is 3.84. The number of hydrogen-bond donors (Lipinski definition) is 1. The van der Waals surface area contributed by atoms with Gasteiger partial charge in [-0.1, -0.05) is 48.0 Å². The lowest BCUT2D eigenvalue weighted by atomic mass is 10.0. The van der Waals surface area contributed by atoms with Crippen molar-refractivity contribution in [1.82, 2.24) is 15.3 Å². The van der Waals surface area contributed by atoms with Gasteiger partial charge in [-0.15, -0.1) is 0 Å². The molecule has 2 heterocycles. The number of nitrogens with zero attached hydrogens (tertiary/aromatic N) is 2. The first kappa shape index (κ1) is 18.6. The first-order valence-electron chi connectivity index (χ1n) is 9.38. The Morgan fingerprint density at radius 3 is 2.59 bits per heavy atom. The van der Waals surface area contributed by atoms with Gasteiger partial charge in [0.05, 0.1) is 23.9 Å². The molecule has 144 valence electrons. The second kappa shape index (κ2) is 8.10. The number of rotatable bonds is 5. The van der Waals surface area contributed by atoms with Crippen LogP contribution in [0, 0.1) is 6.92 Å². The van der Waals surface area contributed by atoms with Crippen LogP contribution in [0.3, 0.4) is 0 Å². The van der Waals surface area contributed by atoms with Gasteiger partial charge in [0.25, 0.3) is 5.91 Å². The third-order valence-electron chi connectivity index (χ3n) is 4.74. The highest BCUT2D eigenvalue weighted by Crippen LogP contribution is 2.25. The van der Waals surface area contributed by atoms with Crippen LogP contribution in [0.2, 0.25) is 0 Å². The molecule has 1 amide bonds. The normalized spacial score (nSPS) is 10.7. The van der Waals surface area contributed by atoms with Gasteiger partial charge >= 0.3 is 0 Å². The molecule has 0 atom stereocenters. The summed E-state index contributed by atoms with van der Waals surface area (Å²) in [4.78, 5) is 22.0. The molecule has 0 aliphatic carbocycles. The number of benzene rings is 2. The molecule has 0 saturated carbocycles. The predicted molar refractivity (Wildman–Crippen MR) is 114 cm³/mol. The van der Waals surface area contributed by atoms with Crippen molar-refractivity contribution < 1.29 is 9.53 Å². The van der Waals surface area contributed by atoms with Gasteiger partial charge < -0.3 is 10.1 Å². The van der Waals surface area contributed by atoms with Crippen LogP contribution in [0.15, 0.2) is 72.9 Å². The molecule has 0 aliphatic heterocycles. The maximum Gasteiger partial charge on any atom is 0.252 e. The molecule has 0 spiro atoms. The summed E-state index contributed by atoms with van der Waals surface area (Å²) < 4.78 is 5.07. The van der Waals surface area contributed by atoms with Crippen LogP contribution in [-0.2, 0) is 6.54 Å². The highest BCUT2D eigenvalue weighted by Gasteiger charge is 2.14. The summed E-state index contributed by atoms with van der Waals surface area (Å²) in [6.45, 7) is 2.39. The molecule has 5 nitrogen and oxygen atoms in total. The number of carbonyl (C=O) groups excluding carboxylic acids is 1. The van der Waals surface area contributed by atoms with E-state index in [-0.39, 0.29) is 5.91 Å². The number of aryl methyl sites for hydroxylation is 1. The van der Waals surface area contributed by atoms with E-state index < -0.39 is 0 Å². The quantitative estimate of drug-likeness (QED) is 0.549. The molecule has 2 aromatic heterocycles. The van der Waals surface area contributed by atoms with E-state index in [2.05, 4.69) is 10.3 Å². The lowest BCUT2D eigenvalue weighted by Gasteiger charge is -2.11. The Balaban J connectivity index is 1.68. The molecule has 4 aromatic rings. The fourth-order valence-corrected chi connectivity index (χ4v) is 3.20. The van der Waals surface area contributed by atoms with Gasteiger partial charge in [-0.05, 0) is 30.7 Å². The number of methoxy groups -OCH3 is 1. The van der Waals surface area contributed by atoms with Crippen molar-refractivity contribution in [2.24, 2.45) is 0 Å². The summed E-state index contributed by atoms with van der Waals surface area (Å²) in [6.07, 6.45) is 1.70. The van der Waals surface area contributed by atoms with Crippen molar-refractivity contribution in [3.05, 3.63) is 89.6 Å². The molecule has 1 N–H and O–H groups in total. The minimum absolute atomic E-state index is 0.143. The second-order valence-corrected chi connectivity index (χ2v) is 6.83. The zero-order chi connectivity index (χ0) is 20.2. The Hall–Kier alpha value is -3.73. The van der Waals surface area contributed by atoms with Crippen molar-refractivity contribution in [3.63, 3.8) is 0 Å². The first-order valence-corrected chi connectivity index (χ1v) is 9.38. The SMILES string of the molecule is COc1ccc(CNC(=O)c2cc(-c3ccccc3)nc3ccc(C)cc23)cn1. The van der Waals surface area contributed by atoms with Crippen molar-refractivity contribution in [2.75, 3.05) is 7.11 Å². The second-order valence-electron chi connectivity index (χ2n) is 6.83. The van der Waals surface area contributed by atoms with Crippen LogP contribution >= 0.6 is 0 Å². The number of carbonyl (C=O) groups is 1. The smallest absolute Gasteiger partial charge is 0.252 e. The topological polar surface area (TPSA) is 64.1 Å². The number of nitrogens with one attached hydrogen (secondary N) is 1. The summed E-state index contributed by atoms with van der Waals surface area (Å²) in [5.74, 6) is 0.402. The molecule has 0 saturated heterocycles. The van der Waals surface area contributed by atoms with E-state index in [4.69, 9.17) is 9.72 Å². The summed E-state index contributed by atoms with van der Waals surface area (Å²) in [6, 6.07) is 21.4. The Kier molecular flexibility index (Phi) is 5.20. The van der Waals surface area contributed by atoms with Crippen LogP contribution < -0.4 is 10.1 Å². The van der Waals surface area contributed by atoms with Gasteiger partial charge in [-0.3, -0.25) is 4.79 Å². The Morgan fingerprint density at radius 2 is 1.86 bits per heavy atom. The van der Waals surface area contributed by atoms with Gasteiger partial charge in [0, 0.05) is 29.8 Å². The van der Waals surface area contributed by atoms with E-state index in [0.29, 0.717) is 18.0 Å². The summed E-state index contributed by atoms with van der Waals surface area (Å²) >= 11 is 0. The molecular formula is C24H21N3O2. The molecular weight excluding hydrogens is 362 g/mol. The monoisotopic (exact) mass is 383 g/mol. The Bertz CT molecular complexity index is 1160. The third-order valence-corrected chi connectivity index (χ3v) is 4.74. The van der Waals surface area contributed by atoms with Crippen molar-refractivity contribution >= 4 is 16.8 Å². The Morgan fingerprint density at radius 1 is 1.03 bits per heavy atom. The molecule has 5 heteroatoms. The molecule has 0 radical (unpaired) electrons. The zero-order valence-electron chi connectivity index (χ0n) is 16.3. The van der Waals surface area contributed by atoms with Crippen LogP contribution in [0.5, 0.6) is 5.88 Å². The molecule has 2 aromatic carbocycles. The average Bonchev–Trinajstić information content (AvgIpc) is 2.77. The maximum atomic E-state index is 13.1. The van der Waals surface area contributed by atoms with E-state index in [1.807, 2.05) is 67.6 Å². The predicted octanol–water partition coefficient (Wildman–Crippen LogP) is 4.54. The zero-order valence-corrected chi connectivity index (χ0v) is 16.3. The summed E-state index contributed by atoms with van der Waals surface area (Å²) in [5.41, 5.74) is 5.14. The fourth-order valence-electron chi connectivity index (χ4n) is 3.20. The van der Waals surface area contributed by atoms with Gasteiger partial charge in [-0.2, -0.15) is 0 Å². The summed E-state index contributed by atoms with van der Waals surface area (Å²) in [7, 11) is 1.57. The van der Waals surface area contributed by atoms with Gasteiger partial charge in [0.15, 0.2) is 0 Å². The number of amides is 1. The molecule has 29 heavy (non-hydrogen) atoms. The molecule has 0 unspecified atom stereocenters. The number of ether oxygens (including phenoxy) is 1. The molecule has 4 rings (SSSR count). The number of pyridine rings is 2. The standard InChI is InChI=1S/C24H21N3O2/c1-16-8-10-21-19(12-16)20(13-22(27-21)18-6-4-3-5-7-18)24(28)26-15-17-9-11-23(29-2)25-14-17/h3-14H,15H2,1-2H3,(H,26,28). The van der Waals surface area contributed by atoms with Crippen LogP contribution in [0.25, 0.3) is 22.2 Å². The van der Waals surface area contributed by atoms with Gasteiger partial charge in [0.2, 0.25) is 5.88 Å². The number of hydrogen-bond acceptors (Lipinski definition) is 4. The lowest BCUT2D eigenvalue weighted by molar-refractivity contribution is 0.0952. The lowest BCUT2D eigenvalue weighted by Crippen LogP contribution is -2.23. The van der Waals surface area contributed by atoms with Crippen molar-refractivity contribution in [2.45, 2.75) is 13.5 Å².